The van der Waals surface area contributed by atoms with Gasteiger partial charge in [-0.25, -0.2) is 4.98 Å². The maximum absolute atomic E-state index is 12.3. The lowest BCUT2D eigenvalue weighted by Crippen LogP contribution is -2.51. The van der Waals surface area contributed by atoms with Crippen molar-refractivity contribution in [2.24, 2.45) is 0 Å². The molecule has 40 heavy (non-hydrogen) atoms. The lowest BCUT2D eigenvalue weighted by molar-refractivity contribution is -0.132. The summed E-state index contributed by atoms with van der Waals surface area (Å²) >= 11 is 0. The number of aliphatic hydroxyl groups is 1. The van der Waals surface area contributed by atoms with Crippen molar-refractivity contribution in [2.45, 2.75) is 52.8 Å². The Balaban J connectivity index is 1.42. The van der Waals surface area contributed by atoms with Crippen molar-refractivity contribution in [1.82, 2.24) is 19.4 Å². The summed E-state index contributed by atoms with van der Waals surface area (Å²) in [6.45, 7) is 11.4. The third-order valence-corrected chi connectivity index (χ3v) is 7.46. The van der Waals surface area contributed by atoms with Crippen molar-refractivity contribution in [2.75, 3.05) is 46.5 Å². The van der Waals surface area contributed by atoms with Gasteiger partial charge in [-0.15, -0.1) is 0 Å². The number of aromatic nitrogens is 2. The first kappa shape index (κ1) is 29.4. The van der Waals surface area contributed by atoms with Gasteiger partial charge in [-0.3, -0.25) is 9.69 Å². The van der Waals surface area contributed by atoms with Crippen LogP contribution in [-0.2, 0) is 24.3 Å². The van der Waals surface area contributed by atoms with E-state index >= 15 is 0 Å². The summed E-state index contributed by atoms with van der Waals surface area (Å²) in [6, 6.07) is 11.8. The zero-order chi connectivity index (χ0) is 28.7. The Morgan fingerprint density at radius 3 is 2.60 bits per heavy atom. The minimum atomic E-state index is -1.22. The average Bonchev–Trinajstić information content (AvgIpc) is 3.32. The molecule has 0 aliphatic carbocycles. The number of β-amino-alcohol motifs (C(OH)–C–C–N with tert-alkyl or cyclic N) is 1. The molecule has 1 saturated heterocycles. The first-order valence-corrected chi connectivity index (χ1v) is 13.9. The van der Waals surface area contributed by atoms with E-state index in [0.717, 1.165) is 23.4 Å². The minimum Gasteiger partial charge on any atom is -0.493 e. The molecule has 0 radical (unpaired) electrons. The second kappa shape index (κ2) is 13.2. The summed E-state index contributed by atoms with van der Waals surface area (Å²) in [5, 5.41) is 11.7. The number of methoxy groups -OCH3 is 1. The first-order valence-electron chi connectivity index (χ1n) is 13.9. The van der Waals surface area contributed by atoms with E-state index in [0.29, 0.717) is 56.6 Å². The number of nitrogens with zero attached hydrogens (tertiary/aromatic N) is 4. The molecule has 216 valence electrons. The quantitative estimate of drug-likeness (QED) is 0.390. The fraction of sp³-hybridized carbons (Fsp3) is 0.484. The van der Waals surface area contributed by atoms with Gasteiger partial charge in [-0.2, -0.15) is 0 Å². The molecule has 1 aliphatic heterocycles. The SMILES string of the molecule is CCc1nccn1CCOc1ccc(CN2CCN(C(C)=O)CC(O)(COc3ccc(C)c(C)c3)C2)cc1OC. The summed E-state index contributed by atoms with van der Waals surface area (Å²) in [7, 11) is 1.64. The lowest BCUT2D eigenvalue weighted by Gasteiger charge is -2.33. The molecule has 9 nitrogen and oxygen atoms in total. The smallest absolute Gasteiger partial charge is 0.219 e. The predicted octanol–water partition coefficient (Wildman–Crippen LogP) is 3.62. The third kappa shape index (κ3) is 7.55. The topological polar surface area (TPSA) is 89.3 Å². The van der Waals surface area contributed by atoms with Crippen LogP contribution in [0.15, 0.2) is 48.8 Å². The molecule has 4 rings (SSSR count). The van der Waals surface area contributed by atoms with Crippen LogP contribution in [0, 0.1) is 13.8 Å². The van der Waals surface area contributed by atoms with Gasteiger partial charge in [0.05, 0.1) is 20.2 Å². The Morgan fingerprint density at radius 1 is 1.05 bits per heavy atom. The van der Waals surface area contributed by atoms with E-state index in [1.165, 1.54) is 5.56 Å². The standard InChI is InChI=1S/C31H42N4O5/c1-6-30-32-11-12-34(30)15-16-39-28-10-8-26(18-29(28)38-5)19-33-13-14-35(25(4)36)21-31(37,20-33)22-40-27-9-7-23(2)24(3)17-27/h7-12,17-18,37H,6,13-16,19-22H2,1-5H3. The molecule has 1 aromatic heterocycles. The molecule has 1 fully saturated rings. The van der Waals surface area contributed by atoms with E-state index in [1.54, 1.807) is 18.9 Å². The molecular formula is C31H42N4O5. The van der Waals surface area contributed by atoms with Crippen molar-refractivity contribution < 1.29 is 24.1 Å². The van der Waals surface area contributed by atoms with Gasteiger partial charge in [0.2, 0.25) is 5.91 Å². The number of rotatable bonds is 11. The van der Waals surface area contributed by atoms with Crippen LogP contribution in [0.1, 0.15) is 36.4 Å². The summed E-state index contributed by atoms with van der Waals surface area (Å²) in [6.07, 6.45) is 4.65. The normalized spacial score (nSPS) is 17.9. The van der Waals surface area contributed by atoms with Crippen LogP contribution in [0.2, 0.25) is 0 Å². The monoisotopic (exact) mass is 550 g/mol. The second-order valence-corrected chi connectivity index (χ2v) is 10.6. The number of amides is 1. The van der Waals surface area contributed by atoms with Gasteiger partial charge in [0, 0.05) is 51.9 Å². The second-order valence-electron chi connectivity index (χ2n) is 10.6. The molecular weight excluding hydrogens is 508 g/mol. The van der Waals surface area contributed by atoms with Crippen LogP contribution in [0.25, 0.3) is 0 Å². The van der Waals surface area contributed by atoms with Crippen molar-refractivity contribution in [3.63, 3.8) is 0 Å². The first-order chi connectivity index (χ1) is 19.2. The van der Waals surface area contributed by atoms with Gasteiger partial charge in [0.15, 0.2) is 11.5 Å². The van der Waals surface area contributed by atoms with E-state index in [-0.39, 0.29) is 19.1 Å². The number of carbonyl (C=O) groups excluding carboxylic acids is 1. The number of imidazole rings is 1. The maximum atomic E-state index is 12.3. The fourth-order valence-corrected chi connectivity index (χ4v) is 5.06. The van der Waals surface area contributed by atoms with Crippen LogP contribution in [0.4, 0.5) is 0 Å². The highest BCUT2D eigenvalue weighted by atomic mass is 16.5. The van der Waals surface area contributed by atoms with Gasteiger partial charge in [-0.05, 0) is 54.8 Å². The molecule has 0 spiro atoms. The molecule has 1 N–H and O–H groups in total. The molecule has 0 bridgehead atoms. The largest absolute Gasteiger partial charge is 0.493 e. The third-order valence-electron chi connectivity index (χ3n) is 7.46. The highest BCUT2D eigenvalue weighted by Gasteiger charge is 2.37. The number of benzene rings is 2. The van der Waals surface area contributed by atoms with Crippen molar-refractivity contribution in [1.29, 1.82) is 0 Å². The Labute approximate surface area is 237 Å². The number of carbonyl (C=O) groups is 1. The molecule has 1 aliphatic rings. The van der Waals surface area contributed by atoms with Crippen LogP contribution in [-0.4, -0.2) is 82.5 Å². The molecule has 3 aromatic rings. The predicted molar refractivity (Wildman–Crippen MR) is 154 cm³/mol. The van der Waals surface area contributed by atoms with E-state index in [4.69, 9.17) is 14.2 Å². The number of hydrogen-bond acceptors (Lipinski definition) is 7. The van der Waals surface area contributed by atoms with Crippen molar-refractivity contribution in [3.05, 3.63) is 71.3 Å². The van der Waals surface area contributed by atoms with Crippen LogP contribution < -0.4 is 14.2 Å². The maximum Gasteiger partial charge on any atom is 0.219 e. The van der Waals surface area contributed by atoms with Gasteiger partial charge >= 0.3 is 0 Å². The van der Waals surface area contributed by atoms with E-state index in [2.05, 4.69) is 28.3 Å². The van der Waals surface area contributed by atoms with Gasteiger partial charge < -0.3 is 28.8 Å². The zero-order valence-corrected chi connectivity index (χ0v) is 24.4. The average molecular weight is 551 g/mol. The fourth-order valence-electron chi connectivity index (χ4n) is 5.06. The molecule has 9 heteroatoms. The Hall–Kier alpha value is -3.56. The molecule has 2 heterocycles. The highest BCUT2D eigenvalue weighted by Crippen LogP contribution is 2.29. The summed E-state index contributed by atoms with van der Waals surface area (Å²) in [5.74, 6) is 3.03. The van der Waals surface area contributed by atoms with Crippen LogP contribution in [0.5, 0.6) is 17.2 Å². The van der Waals surface area contributed by atoms with E-state index in [9.17, 15) is 9.90 Å². The van der Waals surface area contributed by atoms with Gasteiger partial charge in [0.25, 0.3) is 0 Å². The molecule has 1 unspecified atom stereocenters. The van der Waals surface area contributed by atoms with Crippen molar-refractivity contribution in [3.8, 4) is 17.2 Å². The minimum absolute atomic E-state index is 0.0589. The highest BCUT2D eigenvalue weighted by molar-refractivity contribution is 5.73. The van der Waals surface area contributed by atoms with E-state index in [1.807, 2.05) is 55.7 Å². The Bertz CT molecular complexity index is 1290. The summed E-state index contributed by atoms with van der Waals surface area (Å²) < 4.78 is 19.8. The van der Waals surface area contributed by atoms with Gasteiger partial charge in [0.1, 0.15) is 30.4 Å². The molecule has 1 atom stereocenters. The van der Waals surface area contributed by atoms with Crippen LogP contribution in [0.3, 0.4) is 0 Å². The van der Waals surface area contributed by atoms with Crippen molar-refractivity contribution >= 4 is 5.91 Å². The molecule has 2 aromatic carbocycles. The summed E-state index contributed by atoms with van der Waals surface area (Å²) in [5.41, 5.74) is 2.12. The lowest BCUT2D eigenvalue weighted by atomic mass is 10.0. The zero-order valence-electron chi connectivity index (χ0n) is 24.4. The molecule has 1 amide bonds. The summed E-state index contributed by atoms with van der Waals surface area (Å²) in [4.78, 5) is 20.5. The number of hydrogen-bond donors (Lipinski definition) is 1. The Morgan fingerprint density at radius 2 is 1.88 bits per heavy atom. The molecule has 0 saturated carbocycles. The number of aryl methyl sites for hydroxylation is 3. The number of ether oxygens (including phenoxy) is 3. The Kier molecular flexibility index (Phi) is 9.71. The van der Waals surface area contributed by atoms with E-state index < -0.39 is 5.60 Å². The van der Waals surface area contributed by atoms with Gasteiger partial charge in [-0.1, -0.05) is 19.1 Å². The van der Waals surface area contributed by atoms with Crippen LogP contribution >= 0.6 is 0 Å².